The van der Waals surface area contributed by atoms with Crippen molar-refractivity contribution in [1.29, 1.82) is 0 Å². The molecule has 4 rings (SSSR count). The normalized spacial score (nSPS) is 16.1. The predicted octanol–water partition coefficient (Wildman–Crippen LogP) is 1.18. The average molecular weight is 363 g/mol. The minimum absolute atomic E-state index is 0.110. The average Bonchev–Trinajstić information content (AvgIpc) is 2.72. The molecular formula is C20H21N5O2. The number of carbonyl (C=O) groups excluding carboxylic acids is 1. The SMILES string of the molecule is O=C(CCn1nnc2ccccc2c1=O)NCC1NCCc2ccccc21. The second kappa shape index (κ2) is 7.67. The summed E-state index contributed by atoms with van der Waals surface area (Å²) in [7, 11) is 0. The molecule has 1 unspecified atom stereocenters. The van der Waals surface area contributed by atoms with Gasteiger partial charge < -0.3 is 10.6 Å². The van der Waals surface area contributed by atoms with Gasteiger partial charge in [-0.3, -0.25) is 9.59 Å². The zero-order chi connectivity index (χ0) is 18.6. The third-order valence-electron chi connectivity index (χ3n) is 4.90. The molecule has 7 heteroatoms. The molecule has 138 valence electrons. The van der Waals surface area contributed by atoms with E-state index in [-0.39, 0.29) is 30.5 Å². The van der Waals surface area contributed by atoms with Crippen LogP contribution in [0.25, 0.3) is 10.9 Å². The van der Waals surface area contributed by atoms with Crippen molar-refractivity contribution in [3.63, 3.8) is 0 Å². The number of carbonyl (C=O) groups is 1. The van der Waals surface area contributed by atoms with Gasteiger partial charge in [0.05, 0.1) is 11.9 Å². The Morgan fingerprint density at radius 2 is 2.00 bits per heavy atom. The molecule has 0 saturated heterocycles. The van der Waals surface area contributed by atoms with Gasteiger partial charge in [0, 0.05) is 19.0 Å². The summed E-state index contributed by atoms with van der Waals surface area (Å²) >= 11 is 0. The van der Waals surface area contributed by atoms with E-state index < -0.39 is 0 Å². The summed E-state index contributed by atoms with van der Waals surface area (Å²) in [5, 5.41) is 14.9. The van der Waals surface area contributed by atoms with E-state index in [1.807, 2.05) is 18.2 Å². The molecule has 27 heavy (non-hydrogen) atoms. The monoisotopic (exact) mass is 363 g/mol. The van der Waals surface area contributed by atoms with E-state index in [1.165, 1.54) is 15.8 Å². The van der Waals surface area contributed by atoms with Crippen LogP contribution in [-0.4, -0.2) is 34.0 Å². The number of aromatic nitrogens is 3. The van der Waals surface area contributed by atoms with Gasteiger partial charge in [-0.25, -0.2) is 4.68 Å². The maximum absolute atomic E-state index is 12.4. The number of hydrogen-bond acceptors (Lipinski definition) is 5. The first-order valence-electron chi connectivity index (χ1n) is 9.13. The fourth-order valence-corrected chi connectivity index (χ4v) is 3.46. The number of aryl methyl sites for hydroxylation is 1. The maximum Gasteiger partial charge on any atom is 0.277 e. The molecule has 2 heterocycles. The van der Waals surface area contributed by atoms with Crippen molar-refractivity contribution < 1.29 is 4.79 Å². The Labute approximate surface area is 156 Å². The van der Waals surface area contributed by atoms with Gasteiger partial charge in [-0.2, -0.15) is 0 Å². The van der Waals surface area contributed by atoms with Crippen molar-refractivity contribution in [2.24, 2.45) is 0 Å². The van der Waals surface area contributed by atoms with Crippen molar-refractivity contribution in [3.05, 3.63) is 70.0 Å². The van der Waals surface area contributed by atoms with Gasteiger partial charge in [0.1, 0.15) is 5.52 Å². The van der Waals surface area contributed by atoms with Gasteiger partial charge in [-0.15, -0.1) is 5.10 Å². The second-order valence-electron chi connectivity index (χ2n) is 6.64. The smallest absolute Gasteiger partial charge is 0.277 e. The van der Waals surface area contributed by atoms with E-state index in [0.29, 0.717) is 17.4 Å². The number of hydrogen-bond donors (Lipinski definition) is 2. The van der Waals surface area contributed by atoms with Crippen LogP contribution in [0.4, 0.5) is 0 Å². The highest BCUT2D eigenvalue weighted by atomic mass is 16.2. The lowest BCUT2D eigenvalue weighted by atomic mass is 9.94. The molecule has 0 saturated carbocycles. The largest absolute Gasteiger partial charge is 0.354 e. The van der Waals surface area contributed by atoms with Crippen molar-refractivity contribution >= 4 is 16.8 Å². The summed E-state index contributed by atoms with van der Waals surface area (Å²) in [4.78, 5) is 24.6. The fourth-order valence-electron chi connectivity index (χ4n) is 3.46. The van der Waals surface area contributed by atoms with E-state index in [9.17, 15) is 9.59 Å². The summed E-state index contributed by atoms with van der Waals surface area (Å²) in [5.74, 6) is -0.110. The Balaban J connectivity index is 1.36. The van der Waals surface area contributed by atoms with Crippen molar-refractivity contribution in [2.45, 2.75) is 25.4 Å². The zero-order valence-electron chi connectivity index (χ0n) is 14.9. The van der Waals surface area contributed by atoms with Gasteiger partial charge >= 0.3 is 0 Å². The molecule has 0 aliphatic carbocycles. The predicted molar refractivity (Wildman–Crippen MR) is 102 cm³/mol. The van der Waals surface area contributed by atoms with Crippen LogP contribution in [0.2, 0.25) is 0 Å². The van der Waals surface area contributed by atoms with Crippen LogP contribution < -0.4 is 16.2 Å². The molecule has 0 fully saturated rings. The number of rotatable bonds is 5. The summed E-state index contributed by atoms with van der Waals surface area (Å²) in [6, 6.07) is 15.5. The Morgan fingerprint density at radius 3 is 2.93 bits per heavy atom. The fraction of sp³-hybridized carbons (Fsp3) is 0.300. The molecule has 0 radical (unpaired) electrons. The molecule has 1 aliphatic heterocycles. The van der Waals surface area contributed by atoms with E-state index in [2.05, 4.69) is 33.1 Å². The first-order valence-corrected chi connectivity index (χ1v) is 9.13. The van der Waals surface area contributed by atoms with E-state index >= 15 is 0 Å². The van der Waals surface area contributed by atoms with Gasteiger partial charge in [0.25, 0.3) is 5.56 Å². The standard InChI is InChI=1S/C20H21N5O2/c26-19(22-13-18-15-6-2-1-5-14(15)9-11-21-18)10-12-25-20(27)16-7-3-4-8-17(16)23-24-25/h1-8,18,21H,9-13H2,(H,22,26). The molecular weight excluding hydrogens is 342 g/mol. The molecule has 1 amide bonds. The Hall–Kier alpha value is -3.06. The first kappa shape index (κ1) is 17.4. The van der Waals surface area contributed by atoms with Crippen LogP contribution in [0.5, 0.6) is 0 Å². The first-order chi connectivity index (χ1) is 13.2. The van der Waals surface area contributed by atoms with Crippen LogP contribution in [0, 0.1) is 0 Å². The minimum atomic E-state index is -0.226. The minimum Gasteiger partial charge on any atom is -0.354 e. The molecule has 0 spiro atoms. The van der Waals surface area contributed by atoms with Crippen LogP contribution >= 0.6 is 0 Å². The third-order valence-corrected chi connectivity index (χ3v) is 4.90. The van der Waals surface area contributed by atoms with E-state index in [0.717, 1.165) is 13.0 Å². The van der Waals surface area contributed by atoms with Gasteiger partial charge in [-0.1, -0.05) is 41.6 Å². The Kier molecular flexibility index (Phi) is 4.93. The van der Waals surface area contributed by atoms with Gasteiger partial charge in [-0.05, 0) is 36.2 Å². The van der Waals surface area contributed by atoms with Gasteiger partial charge in [0.15, 0.2) is 0 Å². The number of nitrogens with one attached hydrogen (secondary N) is 2. The topological polar surface area (TPSA) is 88.9 Å². The number of amides is 1. The molecule has 2 N–H and O–H groups in total. The third kappa shape index (κ3) is 3.73. The Bertz CT molecular complexity index is 1030. The molecule has 3 aromatic rings. The van der Waals surface area contributed by atoms with Crippen molar-refractivity contribution in [2.75, 3.05) is 13.1 Å². The van der Waals surface area contributed by atoms with Crippen LogP contribution in [0.15, 0.2) is 53.3 Å². The lowest BCUT2D eigenvalue weighted by Gasteiger charge is -2.27. The van der Waals surface area contributed by atoms with Crippen LogP contribution in [-0.2, 0) is 17.8 Å². The van der Waals surface area contributed by atoms with Crippen molar-refractivity contribution in [1.82, 2.24) is 25.6 Å². The van der Waals surface area contributed by atoms with Crippen molar-refractivity contribution in [3.8, 4) is 0 Å². The summed E-state index contributed by atoms with van der Waals surface area (Å²) in [6.07, 6.45) is 1.19. The summed E-state index contributed by atoms with van der Waals surface area (Å²) < 4.78 is 1.25. The highest BCUT2D eigenvalue weighted by Gasteiger charge is 2.19. The lowest BCUT2D eigenvalue weighted by molar-refractivity contribution is -0.121. The lowest BCUT2D eigenvalue weighted by Crippen LogP contribution is -2.39. The highest BCUT2D eigenvalue weighted by Crippen LogP contribution is 2.21. The molecule has 1 aliphatic rings. The highest BCUT2D eigenvalue weighted by molar-refractivity contribution is 5.77. The number of nitrogens with zero attached hydrogens (tertiary/aromatic N) is 3. The van der Waals surface area contributed by atoms with E-state index in [1.54, 1.807) is 18.2 Å². The van der Waals surface area contributed by atoms with E-state index in [4.69, 9.17) is 0 Å². The Morgan fingerprint density at radius 1 is 1.19 bits per heavy atom. The van der Waals surface area contributed by atoms with Gasteiger partial charge in [0.2, 0.25) is 5.91 Å². The molecule has 1 atom stereocenters. The molecule has 7 nitrogen and oxygen atoms in total. The van der Waals surface area contributed by atoms with Crippen LogP contribution in [0.3, 0.4) is 0 Å². The summed E-state index contributed by atoms with van der Waals surface area (Å²) in [6.45, 7) is 1.63. The quantitative estimate of drug-likeness (QED) is 0.711. The number of fused-ring (bicyclic) bond motifs is 2. The number of benzene rings is 2. The van der Waals surface area contributed by atoms with Crippen LogP contribution in [0.1, 0.15) is 23.6 Å². The molecule has 2 aromatic carbocycles. The zero-order valence-corrected chi connectivity index (χ0v) is 14.9. The maximum atomic E-state index is 12.4. The summed E-state index contributed by atoms with van der Waals surface area (Å²) in [5.41, 5.74) is 2.90. The second-order valence-corrected chi connectivity index (χ2v) is 6.64. The molecule has 0 bridgehead atoms. The molecule has 1 aromatic heterocycles.